The third kappa shape index (κ3) is 5.68. The van der Waals surface area contributed by atoms with Crippen LogP contribution < -0.4 is 9.38 Å². The van der Waals surface area contributed by atoms with Gasteiger partial charge in [-0.1, -0.05) is 24.3 Å². The van der Waals surface area contributed by atoms with Gasteiger partial charge in [0.25, 0.3) is 11.7 Å². The van der Waals surface area contributed by atoms with Gasteiger partial charge >= 0.3 is 6.18 Å². The molecule has 5 rings (SSSR count). The molecule has 0 N–H and O–H groups in total. The number of amides is 1. The molecule has 1 aliphatic rings. The van der Waals surface area contributed by atoms with E-state index in [2.05, 4.69) is 20.5 Å². The maximum Gasteiger partial charge on any atom is 0.453 e. The highest BCUT2D eigenvalue weighted by atomic mass is 19.4. The third-order valence-electron chi connectivity index (χ3n) is 7.15. The fourth-order valence-electron chi connectivity index (χ4n) is 4.89. The van der Waals surface area contributed by atoms with Crippen molar-refractivity contribution in [2.45, 2.75) is 19.6 Å². The monoisotopic (exact) mass is 583 g/mol. The van der Waals surface area contributed by atoms with Crippen molar-refractivity contribution in [1.82, 2.24) is 34.7 Å². The van der Waals surface area contributed by atoms with Gasteiger partial charge in [0, 0.05) is 37.0 Å². The molecule has 0 aliphatic carbocycles. The molecule has 14 heteroatoms. The van der Waals surface area contributed by atoms with Gasteiger partial charge in [-0.25, -0.2) is 4.98 Å². The first-order chi connectivity index (χ1) is 20.0. The maximum atomic E-state index is 13.9. The zero-order valence-electron chi connectivity index (χ0n) is 23.1. The number of pyridine rings is 1. The number of carbonyl (C=O) groups is 1. The average Bonchev–Trinajstić information content (AvgIpc) is 3.48. The number of alkyl halides is 3. The standard InChI is InChI=1S/C28H28F3N7O4/c1-18-6-4-5-7-21(18)22-15-25(38(40)10-12-42-13-11-38)32-16-23(22)26(39)36(2)17-19-14-20(8-9-24(19)41-3)37-27(28(29,30)31)33-34-35-37/h4-9,14-16H,10-13,17H2,1-3H3. The van der Waals surface area contributed by atoms with Crippen LogP contribution in [0.4, 0.5) is 19.0 Å². The minimum absolute atomic E-state index is 0.0207. The number of hydrogen-bond acceptors (Lipinski definition) is 8. The number of aromatic nitrogens is 5. The van der Waals surface area contributed by atoms with Gasteiger partial charge in [0.15, 0.2) is 0 Å². The number of morpholine rings is 1. The SMILES string of the molecule is COc1ccc(-n2nnnc2C(F)(F)F)cc1CN(C)C(=O)c1cnc([N+]2([O-])CCOCC2)cc1-c1ccccc1C. The topological polar surface area (TPSA) is 118 Å². The second kappa shape index (κ2) is 11.5. The van der Waals surface area contributed by atoms with Crippen molar-refractivity contribution in [3.63, 3.8) is 0 Å². The Morgan fingerprint density at radius 2 is 1.88 bits per heavy atom. The van der Waals surface area contributed by atoms with Crippen molar-refractivity contribution in [2.75, 3.05) is 40.5 Å². The van der Waals surface area contributed by atoms with Gasteiger partial charge in [-0.05, 0) is 46.7 Å². The minimum Gasteiger partial charge on any atom is -0.626 e. The summed E-state index contributed by atoms with van der Waals surface area (Å²) in [7, 11) is 2.98. The first kappa shape index (κ1) is 29.1. The Balaban J connectivity index is 1.51. The second-order valence-corrected chi connectivity index (χ2v) is 9.92. The number of quaternary nitrogens is 1. The highest BCUT2D eigenvalue weighted by molar-refractivity contribution is 6.01. The number of aryl methyl sites for hydroxylation is 1. The summed E-state index contributed by atoms with van der Waals surface area (Å²) in [6.07, 6.45) is -3.36. The summed E-state index contributed by atoms with van der Waals surface area (Å²) in [5.74, 6) is -1.04. The summed E-state index contributed by atoms with van der Waals surface area (Å²) < 4.78 is 51.0. The van der Waals surface area contributed by atoms with E-state index in [9.17, 15) is 23.2 Å². The molecule has 3 heterocycles. The molecule has 2 aromatic heterocycles. The van der Waals surface area contributed by atoms with Gasteiger partial charge in [-0.2, -0.15) is 17.9 Å². The lowest BCUT2D eigenvalue weighted by atomic mass is 9.96. The Kier molecular flexibility index (Phi) is 7.95. The Morgan fingerprint density at radius 1 is 1.14 bits per heavy atom. The van der Waals surface area contributed by atoms with Crippen LogP contribution in [-0.2, 0) is 17.5 Å². The first-order valence-electron chi connectivity index (χ1n) is 13.0. The van der Waals surface area contributed by atoms with Gasteiger partial charge in [0.05, 0.1) is 31.6 Å². The van der Waals surface area contributed by atoms with Crippen LogP contribution >= 0.6 is 0 Å². The Hall–Kier alpha value is -4.40. The molecule has 1 fully saturated rings. The fraction of sp³-hybridized carbons (Fsp3) is 0.321. The summed E-state index contributed by atoms with van der Waals surface area (Å²) in [5.41, 5.74) is 2.97. The van der Waals surface area contributed by atoms with E-state index < -0.39 is 22.6 Å². The lowest BCUT2D eigenvalue weighted by Gasteiger charge is -2.43. The lowest BCUT2D eigenvalue weighted by molar-refractivity contribution is -0.146. The van der Waals surface area contributed by atoms with Crippen molar-refractivity contribution in [3.05, 3.63) is 82.4 Å². The van der Waals surface area contributed by atoms with E-state index in [0.717, 1.165) is 11.1 Å². The maximum absolute atomic E-state index is 13.9. The molecule has 0 radical (unpaired) electrons. The number of benzene rings is 2. The molecule has 4 aromatic rings. The van der Waals surface area contributed by atoms with Gasteiger partial charge < -0.3 is 24.2 Å². The van der Waals surface area contributed by atoms with Crippen molar-refractivity contribution in [2.24, 2.45) is 0 Å². The van der Waals surface area contributed by atoms with Crippen LogP contribution in [0.2, 0.25) is 0 Å². The van der Waals surface area contributed by atoms with Crippen molar-refractivity contribution >= 4 is 11.7 Å². The summed E-state index contributed by atoms with van der Waals surface area (Å²) >= 11 is 0. The zero-order valence-corrected chi connectivity index (χ0v) is 23.1. The largest absolute Gasteiger partial charge is 0.626 e. The van der Waals surface area contributed by atoms with Crippen LogP contribution in [-0.4, -0.2) is 76.5 Å². The quantitative estimate of drug-likeness (QED) is 0.235. The summed E-state index contributed by atoms with van der Waals surface area (Å²) in [4.78, 5) is 19.7. The summed E-state index contributed by atoms with van der Waals surface area (Å²) in [6, 6.07) is 13.5. The lowest BCUT2D eigenvalue weighted by Crippen LogP contribution is -2.52. The number of methoxy groups -OCH3 is 1. The molecule has 2 aromatic carbocycles. The molecular weight excluding hydrogens is 555 g/mol. The zero-order chi connectivity index (χ0) is 30.1. The molecule has 0 saturated carbocycles. The van der Waals surface area contributed by atoms with Crippen LogP contribution in [0, 0.1) is 12.1 Å². The van der Waals surface area contributed by atoms with Crippen LogP contribution in [0.15, 0.2) is 54.7 Å². The highest BCUT2D eigenvalue weighted by Gasteiger charge is 2.38. The fourth-order valence-corrected chi connectivity index (χ4v) is 4.89. The summed E-state index contributed by atoms with van der Waals surface area (Å²) in [6.45, 7) is 2.93. The Labute approximate surface area is 239 Å². The number of ether oxygens (including phenoxy) is 2. The molecule has 220 valence electrons. The van der Waals surface area contributed by atoms with Gasteiger partial charge in [0.1, 0.15) is 18.8 Å². The molecule has 0 spiro atoms. The number of halogens is 3. The van der Waals surface area contributed by atoms with Crippen molar-refractivity contribution in [3.8, 4) is 22.6 Å². The molecule has 0 unspecified atom stereocenters. The van der Waals surface area contributed by atoms with Crippen LogP contribution in [0.5, 0.6) is 5.75 Å². The van der Waals surface area contributed by atoms with E-state index >= 15 is 0 Å². The summed E-state index contributed by atoms with van der Waals surface area (Å²) in [5, 5.41) is 23.3. The number of rotatable bonds is 7. The number of tetrazole rings is 1. The third-order valence-corrected chi connectivity index (χ3v) is 7.15. The van der Waals surface area contributed by atoms with E-state index in [4.69, 9.17) is 9.47 Å². The molecule has 42 heavy (non-hydrogen) atoms. The van der Waals surface area contributed by atoms with Gasteiger partial charge in [-0.15, -0.1) is 5.10 Å². The normalized spacial score (nSPS) is 14.9. The van der Waals surface area contributed by atoms with E-state index in [1.807, 2.05) is 31.2 Å². The molecule has 0 atom stereocenters. The van der Waals surface area contributed by atoms with Crippen LogP contribution in [0.25, 0.3) is 16.8 Å². The molecule has 1 amide bonds. The van der Waals surface area contributed by atoms with Gasteiger partial charge in [-0.3, -0.25) is 4.79 Å². The Morgan fingerprint density at radius 3 is 2.57 bits per heavy atom. The van der Waals surface area contributed by atoms with Gasteiger partial charge in [0.2, 0.25) is 5.82 Å². The molecule has 1 saturated heterocycles. The predicted molar refractivity (Wildman–Crippen MR) is 147 cm³/mol. The van der Waals surface area contributed by atoms with Crippen molar-refractivity contribution < 1.29 is 27.4 Å². The highest BCUT2D eigenvalue weighted by Crippen LogP contribution is 2.34. The number of nitrogens with zero attached hydrogens (tertiary/aromatic N) is 7. The van der Waals surface area contributed by atoms with E-state index in [1.165, 1.54) is 36.4 Å². The van der Waals surface area contributed by atoms with Crippen LogP contribution in [0.3, 0.4) is 0 Å². The molecule has 1 aliphatic heterocycles. The average molecular weight is 584 g/mol. The minimum atomic E-state index is -4.77. The first-order valence-corrected chi connectivity index (χ1v) is 13.0. The van der Waals surface area contributed by atoms with Crippen molar-refractivity contribution in [1.29, 1.82) is 0 Å². The predicted octanol–water partition coefficient (Wildman–Crippen LogP) is 4.17. The van der Waals surface area contributed by atoms with E-state index in [1.54, 1.807) is 13.1 Å². The number of hydroxylamine groups is 2. The Bertz CT molecular complexity index is 1600. The van der Waals surface area contributed by atoms with E-state index in [-0.39, 0.29) is 36.7 Å². The van der Waals surface area contributed by atoms with Crippen LogP contribution in [0.1, 0.15) is 27.3 Å². The number of hydrogen-bond donors (Lipinski definition) is 0. The smallest absolute Gasteiger partial charge is 0.453 e. The molecule has 11 nitrogen and oxygen atoms in total. The van der Waals surface area contributed by atoms with E-state index in [0.29, 0.717) is 34.8 Å². The molecular formula is C28H28F3N7O4. The second-order valence-electron chi connectivity index (χ2n) is 9.92. The molecule has 0 bridgehead atoms. The number of carbonyl (C=O) groups excluding carboxylic acids is 1.